The molecular weight excluding hydrogens is 466 g/mol. The zero-order chi connectivity index (χ0) is 24.8. The molecule has 0 aliphatic carbocycles. The molecule has 10 heteroatoms. The summed E-state index contributed by atoms with van der Waals surface area (Å²) in [6.07, 6.45) is 7.08. The van der Waals surface area contributed by atoms with Crippen LogP contribution in [0, 0.1) is 5.92 Å². The second-order valence-electron chi connectivity index (χ2n) is 8.74. The van der Waals surface area contributed by atoms with Crippen LogP contribution in [0.15, 0.2) is 72.1 Å². The predicted octanol–water partition coefficient (Wildman–Crippen LogP) is 3.58. The van der Waals surface area contributed by atoms with Crippen molar-refractivity contribution in [3.63, 3.8) is 0 Å². The van der Waals surface area contributed by atoms with Crippen LogP contribution in [0.25, 0.3) is 0 Å². The SMILES string of the molecule is CC1CCN(S(=O)(=O)c2ccc(NC(=O)c3cccc(NC(=O)CCn4ccnc4)c3)cc2)CC1. The molecule has 1 aliphatic heterocycles. The van der Waals surface area contributed by atoms with Gasteiger partial charge in [0.2, 0.25) is 15.9 Å². The van der Waals surface area contributed by atoms with Crippen molar-refractivity contribution in [1.82, 2.24) is 13.9 Å². The lowest BCUT2D eigenvalue weighted by Crippen LogP contribution is -2.37. The van der Waals surface area contributed by atoms with Gasteiger partial charge in [-0.2, -0.15) is 4.31 Å². The van der Waals surface area contributed by atoms with Crippen LogP contribution >= 0.6 is 0 Å². The second-order valence-corrected chi connectivity index (χ2v) is 10.7. The summed E-state index contributed by atoms with van der Waals surface area (Å²) in [5.41, 5.74) is 1.37. The molecule has 1 fully saturated rings. The van der Waals surface area contributed by atoms with E-state index < -0.39 is 10.0 Å². The van der Waals surface area contributed by atoms with Crippen LogP contribution in [0.4, 0.5) is 11.4 Å². The third-order valence-corrected chi connectivity index (χ3v) is 7.97. The van der Waals surface area contributed by atoms with Crippen molar-refractivity contribution in [3.05, 3.63) is 72.8 Å². The number of carbonyl (C=O) groups is 2. The molecule has 0 atom stereocenters. The highest BCUT2D eigenvalue weighted by atomic mass is 32.2. The van der Waals surface area contributed by atoms with Gasteiger partial charge in [-0.3, -0.25) is 9.59 Å². The monoisotopic (exact) mass is 495 g/mol. The number of anilines is 2. The molecule has 2 aromatic carbocycles. The third kappa shape index (κ3) is 6.34. The number of imidazole rings is 1. The molecule has 2 heterocycles. The fourth-order valence-corrected chi connectivity index (χ4v) is 5.37. The molecule has 0 spiro atoms. The Balaban J connectivity index is 1.35. The van der Waals surface area contributed by atoms with E-state index in [9.17, 15) is 18.0 Å². The standard InChI is InChI=1S/C25H29N5O4S/c1-19-9-14-30(15-10-19)35(33,34)23-7-5-21(6-8-23)28-25(32)20-3-2-4-22(17-20)27-24(31)11-13-29-16-12-26-18-29/h2-8,12,16-19H,9-11,13-15H2,1H3,(H,27,31)(H,28,32). The molecule has 2 N–H and O–H groups in total. The van der Waals surface area contributed by atoms with Crippen molar-refractivity contribution in [1.29, 1.82) is 0 Å². The zero-order valence-electron chi connectivity index (χ0n) is 19.6. The number of aromatic nitrogens is 2. The van der Waals surface area contributed by atoms with Gasteiger partial charge in [0.05, 0.1) is 11.2 Å². The molecule has 35 heavy (non-hydrogen) atoms. The van der Waals surface area contributed by atoms with Crippen molar-refractivity contribution in [2.75, 3.05) is 23.7 Å². The highest BCUT2D eigenvalue weighted by Gasteiger charge is 2.27. The van der Waals surface area contributed by atoms with Gasteiger partial charge in [0, 0.05) is 55.4 Å². The maximum Gasteiger partial charge on any atom is 0.255 e. The van der Waals surface area contributed by atoms with E-state index in [2.05, 4.69) is 22.5 Å². The van der Waals surface area contributed by atoms with Crippen molar-refractivity contribution >= 4 is 33.2 Å². The molecule has 0 unspecified atom stereocenters. The van der Waals surface area contributed by atoms with Gasteiger partial charge in [0.1, 0.15) is 0 Å². The van der Waals surface area contributed by atoms with E-state index in [0.29, 0.717) is 42.5 Å². The van der Waals surface area contributed by atoms with Gasteiger partial charge < -0.3 is 15.2 Å². The van der Waals surface area contributed by atoms with E-state index >= 15 is 0 Å². The summed E-state index contributed by atoms with van der Waals surface area (Å²) < 4.78 is 29.1. The summed E-state index contributed by atoms with van der Waals surface area (Å²) in [6.45, 7) is 3.69. The van der Waals surface area contributed by atoms with Crippen LogP contribution in [0.2, 0.25) is 0 Å². The molecule has 4 rings (SSSR count). The Morgan fingerprint density at radius 3 is 2.46 bits per heavy atom. The Hall–Kier alpha value is -3.50. The Morgan fingerprint density at radius 2 is 1.77 bits per heavy atom. The normalized spacial score (nSPS) is 15.0. The van der Waals surface area contributed by atoms with E-state index in [0.717, 1.165) is 12.8 Å². The van der Waals surface area contributed by atoms with Gasteiger partial charge >= 0.3 is 0 Å². The van der Waals surface area contributed by atoms with Crippen molar-refractivity contribution in [3.8, 4) is 0 Å². The average Bonchev–Trinajstić information content (AvgIpc) is 3.37. The van der Waals surface area contributed by atoms with Gasteiger partial charge in [-0.25, -0.2) is 13.4 Å². The molecular formula is C25H29N5O4S. The number of hydrogen-bond donors (Lipinski definition) is 2. The van der Waals surface area contributed by atoms with Crippen molar-refractivity contribution < 1.29 is 18.0 Å². The first kappa shape index (κ1) is 24.6. The summed E-state index contributed by atoms with van der Waals surface area (Å²) in [6, 6.07) is 12.8. The number of benzene rings is 2. The molecule has 9 nitrogen and oxygen atoms in total. The molecule has 1 aliphatic rings. The fourth-order valence-electron chi connectivity index (χ4n) is 3.90. The number of amides is 2. The summed E-state index contributed by atoms with van der Waals surface area (Å²) in [5, 5.41) is 5.57. The predicted molar refractivity (Wildman–Crippen MR) is 133 cm³/mol. The summed E-state index contributed by atoms with van der Waals surface area (Å²) in [4.78, 5) is 29.1. The molecule has 2 amide bonds. The summed E-state index contributed by atoms with van der Waals surface area (Å²) in [5.74, 6) is 0.00421. The minimum absolute atomic E-state index is 0.170. The Bertz CT molecular complexity index is 1270. The molecule has 1 aromatic heterocycles. The smallest absolute Gasteiger partial charge is 0.255 e. The van der Waals surface area contributed by atoms with Crippen LogP contribution in [0.5, 0.6) is 0 Å². The average molecular weight is 496 g/mol. The maximum atomic E-state index is 12.9. The number of hydrogen-bond acceptors (Lipinski definition) is 5. The maximum absolute atomic E-state index is 12.9. The number of carbonyl (C=O) groups excluding carboxylic acids is 2. The van der Waals surface area contributed by atoms with Gasteiger partial charge in [0.15, 0.2) is 0 Å². The zero-order valence-corrected chi connectivity index (χ0v) is 20.4. The van der Waals surface area contributed by atoms with Crippen LogP contribution in [0.3, 0.4) is 0 Å². The lowest BCUT2D eigenvalue weighted by atomic mass is 10.0. The van der Waals surface area contributed by atoms with Crippen LogP contribution in [-0.4, -0.2) is 47.2 Å². The van der Waals surface area contributed by atoms with E-state index in [1.54, 1.807) is 55.1 Å². The number of rotatable bonds is 8. The molecule has 184 valence electrons. The summed E-state index contributed by atoms with van der Waals surface area (Å²) >= 11 is 0. The first-order valence-electron chi connectivity index (χ1n) is 11.6. The third-order valence-electron chi connectivity index (χ3n) is 6.06. The molecule has 0 saturated carbocycles. The van der Waals surface area contributed by atoms with E-state index in [1.165, 1.54) is 16.4 Å². The Morgan fingerprint density at radius 1 is 1.03 bits per heavy atom. The molecule has 0 bridgehead atoms. The molecule has 0 radical (unpaired) electrons. The number of nitrogens with one attached hydrogen (secondary N) is 2. The molecule has 3 aromatic rings. The van der Waals surface area contributed by atoms with Gasteiger partial charge in [-0.15, -0.1) is 0 Å². The first-order chi connectivity index (χ1) is 16.8. The van der Waals surface area contributed by atoms with Gasteiger partial charge in [0.25, 0.3) is 5.91 Å². The minimum Gasteiger partial charge on any atom is -0.337 e. The van der Waals surface area contributed by atoms with Gasteiger partial charge in [-0.1, -0.05) is 13.0 Å². The lowest BCUT2D eigenvalue weighted by molar-refractivity contribution is -0.116. The Kier molecular flexibility index (Phi) is 7.62. The van der Waals surface area contributed by atoms with Crippen LogP contribution in [-0.2, 0) is 21.4 Å². The van der Waals surface area contributed by atoms with E-state index in [-0.39, 0.29) is 23.1 Å². The quantitative estimate of drug-likeness (QED) is 0.496. The highest BCUT2D eigenvalue weighted by molar-refractivity contribution is 7.89. The van der Waals surface area contributed by atoms with Gasteiger partial charge in [-0.05, 0) is 61.2 Å². The summed E-state index contributed by atoms with van der Waals surface area (Å²) in [7, 11) is -3.54. The lowest BCUT2D eigenvalue weighted by Gasteiger charge is -2.29. The van der Waals surface area contributed by atoms with Crippen molar-refractivity contribution in [2.45, 2.75) is 37.6 Å². The van der Waals surface area contributed by atoms with E-state index in [1.807, 2.05) is 4.57 Å². The number of sulfonamides is 1. The minimum atomic E-state index is -3.54. The van der Waals surface area contributed by atoms with Crippen LogP contribution < -0.4 is 10.6 Å². The number of aryl methyl sites for hydroxylation is 1. The highest BCUT2D eigenvalue weighted by Crippen LogP contribution is 2.24. The largest absolute Gasteiger partial charge is 0.337 e. The Labute approximate surface area is 205 Å². The second kappa shape index (κ2) is 10.8. The van der Waals surface area contributed by atoms with E-state index in [4.69, 9.17) is 0 Å². The fraction of sp³-hybridized carbons (Fsp3) is 0.320. The molecule has 1 saturated heterocycles. The number of nitrogens with zero attached hydrogens (tertiary/aromatic N) is 3. The van der Waals surface area contributed by atoms with Crippen LogP contribution in [0.1, 0.15) is 36.5 Å². The first-order valence-corrected chi connectivity index (χ1v) is 13.0. The topological polar surface area (TPSA) is 113 Å². The van der Waals surface area contributed by atoms with Crippen molar-refractivity contribution in [2.24, 2.45) is 5.92 Å². The number of piperidine rings is 1.